The van der Waals surface area contributed by atoms with Gasteiger partial charge in [0, 0.05) is 18.8 Å². The minimum atomic E-state index is -0.927. The average Bonchev–Trinajstić information content (AvgIpc) is 2.60. The number of piperazine rings is 1. The molecule has 0 aromatic heterocycles. The van der Waals surface area contributed by atoms with E-state index in [2.05, 4.69) is 0 Å². The van der Waals surface area contributed by atoms with E-state index in [0.29, 0.717) is 11.3 Å². The number of benzene rings is 1. The van der Waals surface area contributed by atoms with E-state index in [9.17, 15) is 14.4 Å². The van der Waals surface area contributed by atoms with Crippen LogP contribution in [0, 0.1) is 0 Å². The number of anilines is 1. The van der Waals surface area contributed by atoms with E-state index in [1.54, 1.807) is 32.9 Å². The fraction of sp³-hybridized carbons (Fsp3) is 0.500. The molecular formula is C18H26BN3O5. The molecule has 27 heavy (non-hydrogen) atoms. The number of nitrogens with two attached hydrogens (primary N) is 1. The molecule has 2 amide bonds. The fourth-order valence-corrected chi connectivity index (χ4v) is 2.87. The van der Waals surface area contributed by atoms with Gasteiger partial charge in [0.1, 0.15) is 19.5 Å². The van der Waals surface area contributed by atoms with Crippen LogP contribution in [0.4, 0.5) is 10.5 Å². The molecule has 1 aromatic carbocycles. The number of hydrogen-bond donors (Lipinski definition) is 1. The molecule has 9 heteroatoms. The topological polar surface area (TPSA) is 102 Å². The van der Waals surface area contributed by atoms with Crippen molar-refractivity contribution in [3.63, 3.8) is 0 Å². The number of ether oxygens (including phenoxy) is 2. The molecule has 8 nitrogen and oxygen atoms in total. The first-order valence-corrected chi connectivity index (χ1v) is 8.76. The lowest BCUT2D eigenvalue weighted by molar-refractivity contribution is -0.147. The highest BCUT2D eigenvalue weighted by Gasteiger charge is 2.39. The third-order valence-electron chi connectivity index (χ3n) is 4.21. The molecule has 1 unspecified atom stereocenters. The summed E-state index contributed by atoms with van der Waals surface area (Å²) in [6.07, 6.45) is -0.529. The lowest BCUT2D eigenvalue weighted by Gasteiger charge is -2.40. The first kappa shape index (κ1) is 20.6. The van der Waals surface area contributed by atoms with E-state index in [1.165, 1.54) is 16.9 Å². The van der Waals surface area contributed by atoms with Crippen LogP contribution in [0.3, 0.4) is 0 Å². The zero-order valence-corrected chi connectivity index (χ0v) is 16.4. The number of amides is 2. The van der Waals surface area contributed by atoms with Gasteiger partial charge in [-0.15, -0.1) is 0 Å². The molecule has 0 radical (unpaired) electrons. The van der Waals surface area contributed by atoms with Gasteiger partial charge in [0.25, 0.3) is 5.91 Å². The second kappa shape index (κ2) is 7.90. The third kappa shape index (κ3) is 4.93. The van der Waals surface area contributed by atoms with Crippen LogP contribution in [0.1, 0.15) is 31.1 Å². The zero-order chi connectivity index (χ0) is 20.4. The van der Waals surface area contributed by atoms with Crippen LogP contribution in [-0.2, 0) is 14.3 Å². The highest BCUT2D eigenvalue weighted by Crippen LogP contribution is 2.20. The second-order valence-electron chi connectivity index (χ2n) is 7.55. The van der Waals surface area contributed by atoms with Crippen LogP contribution in [0.5, 0.6) is 0 Å². The smallest absolute Gasteiger partial charge is 0.410 e. The summed E-state index contributed by atoms with van der Waals surface area (Å²) >= 11 is 0. The lowest BCUT2D eigenvalue weighted by atomic mass is 9.93. The zero-order valence-electron chi connectivity index (χ0n) is 16.4. The summed E-state index contributed by atoms with van der Waals surface area (Å²) in [6, 6.07) is 4.23. The molecular weight excluding hydrogens is 349 g/mol. The summed E-state index contributed by atoms with van der Waals surface area (Å²) in [4.78, 5) is 40.5. The summed E-state index contributed by atoms with van der Waals surface area (Å²) < 4.78 is 10.2. The third-order valence-corrected chi connectivity index (χ3v) is 4.21. The van der Waals surface area contributed by atoms with Crippen molar-refractivity contribution >= 4 is 37.0 Å². The minimum absolute atomic E-state index is 0.000945. The summed E-state index contributed by atoms with van der Waals surface area (Å²) in [6.45, 7) is 5.72. The first-order chi connectivity index (χ1) is 12.5. The minimum Gasteiger partial charge on any atom is -0.467 e. The van der Waals surface area contributed by atoms with Gasteiger partial charge in [0.05, 0.1) is 19.2 Å². The van der Waals surface area contributed by atoms with Crippen LogP contribution in [0.15, 0.2) is 18.2 Å². The molecule has 1 fully saturated rings. The van der Waals surface area contributed by atoms with Gasteiger partial charge in [-0.1, -0.05) is 17.6 Å². The largest absolute Gasteiger partial charge is 0.467 e. The van der Waals surface area contributed by atoms with Gasteiger partial charge in [-0.2, -0.15) is 0 Å². The van der Waals surface area contributed by atoms with Crippen molar-refractivity contribution < 1.29 is 23.9 Å². The molecule has 0 bridgehead atoms. The quantitative estimate of drug-likeness (QED) is 0.435. The number of rotatable bonds is 2. The van der Waals surface area contributed by atoms with E-state index in [-0.39, 0.29) is 25.5 Å². The summed E-state index contributed by atoms with van der Waals surface area (Å²) in [5.74, 6) is -0.960. The van der Waals surface area contributed by atoms with Gasteiger partial charge in [0.15, 0.2) is 0 Å². The highest BCUT2D eigenvalue weighted by molar-refractivity contribution is 6.33. The van der Waals surface area contributed by atoms with Gasteiger partial charge >= 0.3 is 12.1 Å². The molecule has 1 aliphatic rings. The van der Waals surface area contributed by atoms with E-state index < -0.39 is 23.7 Å². The molecule has 1 aliphatic heterocycles. The molecule has 2 N–H and O–H groups in total. The Hall–Kier alpha value is -2.71. The number of hydrogen-bond acceptors (Lipinski definition) is 6. The Morgan fingerprint density at radius 2 is 1.89 bits per heavy atom. The SMILES string of the molecule is Bc1ccc(N)c(C(=O)N2CCN(C(=O)OC(C)(C)C)CC2C(=O)OC)c1. The number of nitrogens with zero attached hydrogens (tertiary/aromatic N) is 2. The molecule has 1 atom stereocenters. The van der Waals surface area contributed by atoms with Gasteiger partial charge in [-0.25, -0.2) is 9.59 Å². The Morgan fingerprint density at radius 1 is 1.22 bits per heavy atom. The summed E-state index contributed by atoms with van der Waals surface area (Å²) in [5.41, 5.74) is 6.84. The number of methoxy groups -OCH3 is 1. The molecule has 146 valence electrons. The molecule has 1 aromatic rings. The number of carbonyl (C=O) groups is 3. The number of nitrogen functional groups attached to an aromatic ring is 1. The molecule has 0 spiro atoms. The maximum atomic E-state index is 13.0. The first-order valence-electron chi connectivity index (χ1n) is 8.76. The number of carbonyl (C=O) groups excluding carboxylic acids is 3. The van der Waals surface area contributed by atoms with Crippen LogP contribution in [0.2, 0.25) is 0 Å². The fourth-order valence-electron chi connectivity index (χ4n) is 2.87. The van der Waals surface area contributed by atoms with Crippen molar-refractivity contribution in [1.29, 1.82) is 0 Å². The normalized spacial score (nSPS) is 17.4. The van der Waals surface area contributed by atoms with Gasteiger partial charge in [-0.05, 0) is 26.8 Å². The monoisotopic (exact) mass is 375 g/mol. The van der Waals surface area contributed by atoms with Crippen LogP contribution in [0.25, 0.3) is 0 Å². The molecule has 2 rings (SSSR count). The van der Waals surface area contributed by atoms with Crippen molar-refractivity contribution in [1.82, 2.24) is 9.80 Å². The van der Waals surface area contributed by atoms with Crippen molar-refractivity contribution in [3.8, 4) is 0 Å². The van der Waals surface area contributed by atoms with E-state index in [4.69, 9.17) is 15.2 Å². The Kier molecular flexibility index (Phi) is 6.03. The number of esters is 1. The maximum Gasteiger partial charge on any atom is 0.410 e. The Labute approximate surface area is 160 Å². The average molecular weight is 375 g/mol. The van der Waals surface area contributed by atoms with Crippen molar-refractivity contribution in [2.75, 3.05) is 32.5 Å². The molecule has 1 saturated heterocycles. The Morgan fingerprint density at radius 3 is 2.48 bits per heavy atom. The predicted octanol–water partition coefficient (Wildman–Crippen LogP) is -0.238. The van der Waals surface area contributed by atoms with Crippen LogP contribution >= 0.6 is 0 Å². The lowest BCUT2D eigenvalue weighted by Crippen LogP contribution is -2.60. The summed E-state index contributed by atoms with van der Waals surface area (Å²) in [5, 5.41) is 0. The van der Waals surface area contributed by atoms with Crippen LogP contribution in [-0.4, -0.2) is 74.0 Å². The van der Waals surface area contributed by atoms with E-state index >= 15 is 0 Å². The predicted molar refractivity (Wildman–Crippen MR) is 104 cm³/mol. The summed E-state index contributed by atoms with van der Waals surface area (Å²) in [7, 11) is 3.10. The highest BCUT2D eigenvalue weighted by atomic mass is 16.6. The van der Waals surface area contributed by atoms with Gasteiger partial charge in [0.2, 0.25) is 0 Å². The van der Waals surface area contributed by atoms with E-state index in [0.717, 1.165) is 5.46 Å². The Bertz CT molecular complexity index is 747. The van der Waals surface area contributed by atoms with Crippen LogP contribution < -0.4 is 11.2 Å². The molecule has 0 saturated carbocycles. The van der Waals surface area contributed by atoms with E-state index in [1.807, 2.05) is 13.9 Å². The van der Waals surface area contributed by atoms with Gasteiger partial charge in [-0.3, -0.25) is 4.79 Å². The van der Waals surface area contributed by atoms with Crippen molar-refractivity contribution in [3.05, 3.63) is 23.8 Å². The Balaban J connectivity index is 2.25. The van der Waals surface area contributed by atoms with Gasteiger partial charge < -0.3 is 25.0 Å². The standard InChI is InChI=1S/C18H26BN3O5/c1-18(2,3)27-17(25)21-7-8-22(14(10-21)16(24)26-4)15(23)12-9-11(19)5-6-13(12)20/h5-6,9,14H,7-8,10,19-20H2,1-4H3. The van der Waals surface area contributed by atoms with Crippen molar-refractivity contribution in [2.45, 2.75) is 32.4 Å². The van der Waals surface area contributed by atoms with Crippen molar-refractivity contribution in [2.24, 2.45) is 0 Å². The molecule has 0 aliphatic carbocycles. The second-order valence-corrected chi connectivity index (χ2v) is 7.55. The maximum absolute atomic E-state index is 13.0. The molecule has 1 heterocycles.